The lowest BCUT2D eigenvalue weighted by Gasteiger charge is -1.88. The van der Waals surface area contributed by atoms with Crippen molar-refractivity contribution in [3.63, 3.8) is 0 Å². The van der Waals surface area contributed by atoms with E-state index in [-0.39, 0.29) is 7.43 Å². The van der Waals surface area contributed by atoms with Gasteiger partial charge in [0.05, 0.1) is 10.2 Å². The van der Waals surface area contributed by atoms with E-state index in [0.717, 1.165) is 9.86 Å². The molecule has 0 N–H and O–H groups in total. The monoisotopic (exact) mass is 211 g/mol. The highest BCUT2D eigenvalue weighted by Crippen LogP contribution is 2.28. The lowest BCUT2D eigenvalue weighted by Crippen LogP contribution is -1.70. The standard InChI is InChI=1S/C9H9NS2.CH4/c1-6-3-4-7-8(5-6)12-9(10-7)11-2;/h3-5H,1-2H3;1H4. The number of benzene rings is 1. The van der Waals surface area contributed by atoms with Crippen LogP contribution in [0.4, 0.5) is 0 Å². The van der Waals surface area contributed by atoms with Gasteiger partial charge in [-0.2, -0.15) is 0 Å². The minimum absolute atomic E-state index is 0. The van der Waals surface area contributed by atoms with Gasteiger partial charge in [0, 0.05) is 0 Å². The highest BCUT2D eigenvalue weighted by Gasteiger charge is 2.01. The number of fused-ring (bicyclic) bond motifs is 1. The summed E-state index contributed by atoms with van der Waals surface area (Å²) in [5.41, 5.74) is 2.42. The minimum atomic E-state index is 0. The first-order valence-electron chi connectivity index (χ1n) is 3.71. The fourth-order valence-electron chi connectivity index (χ4n) is 1.10. The molecule has 3 heteroatoms. The molecule has 2 aromatic rings. The summed E-state index contributed by atoms with van der Waals surface area (Å²) < 4.78 is 2.44. The molecule has 2 rings (SSSR count). The lowest BCUT2D eigenvalue weighted by molar-refractivity contribution is 1.31. The van der Waals surface area contributed by atoms with Gasteiger partial charge in [0.15, 0.2) is 4.34 Å². The third-order valence-electron chi connectivity index (χ3n) is 1.70. The molecular weight excluding hydrogens is 198 g/mol. The lowest BCUT2D eigenvalue weighted by atomic mass is 10.2. The summed E-state index contributed by atoms with van der Waals surface area (Å²) in [6.07, 6.45) is 2.06. The van der Waals surface area contributed by atoms with Crippen LogP contribution in [-0.2, 0) is 0 Å². The second-order valence-electron chi connectivity index (χ2n) is 2.66. The summed E-state index contributed by atoms with van der Waals surface area (Å²) in [5, 5.41) is 0. The molecule has 1 heterocycles. The summed E-state index contributed by atoms with van der Waals surface area (Å²) in [6.45, 7) is 2.11. The van der Waals surface area contributed by atoms with Crippen LogP contribution in [0.1, 0.15) is 13.0 Å². The first-order chi connectivity index (χ1) is 5.79. The SMILES string of the molecule is C.CSc1nc2ccc(C)cc2s1. The van der Waals surface area contributed by atoms with E-state index in [1.54, 1.807) is 23.1 Å². The molecule has 1 nitrogen and oxygen atoms in total. The van der Waals surface area contributed by atoms with Gasteiger partial charge in [0.25, 0.3) is 0 Å². The molecule has 0 spiro atoms. The van der Waals surface area contributed by atoms with E-state index in [2.05, 4.69) is 36.4 Å². The van der Waals surface area contributed by atoms with Gasteiger partial charge < -0.3 is 0 Å². The molecule has 0 radical (unpaired) electrons. The Bertz CT molecular complexity index is 406. The molecule has 0 aliphatic heterocycles. The van der Waals surface area contributed by atoms with Gasteiger partial charge in [-0.1, -0.05) is 25.3 Å². The van der Waals surface area contributed by atoms with Crippen LogP contribution in [0.2, 0.25) is 0 Å². The van der Waals surface area contributed by atoms with Crippen LogP contribution >= 0.6 is 23.1 Å². The summed E-state index contributed by atoms with van der Waals surface area (Å²) in [6, 6.07) is 6.37. The smallest absolute Gasteiger partial charge is 0.150 e. The van der Waals surface area contributed by atoms with Crippen LogP contribution in [0.5, 0.6) is 0 Å². The van der Waals surface area contributed by atoms with Crippen molar-refractivity contribution in [2.24, 2.45) is 0 Å². The van der Waals surface area contributed by atoms with E-state index in [1.165, 1.54) is 10.3 Å². The molecule has 0 fully saturated rings. The number of thioether (sulfide) groups is 1. The van der Waals surface area contributed by atoms with Gasteiger partial charge in [-0.05, 0) is 30.9 Å². The summed E-state index contributed by atoms with van der Waals surface area (Å²) in [4.78, 5) is 4.45. The molecule has 0 saturated heterocycles. The van der Waals surface area contributed by atoms with Gasteiger partial charge in [-0.25, -0.2) is 4.98 Å². The number of hydrogen-bond acceptors (Lipinski definition) is 3. The van der Waals surface area contributed by atoms with Crippen LogP contribution < -0.4 is 0 Å². The van der Waals surface area contributed by atoms with Crippen LogP contribution in [0, 0.1) is 6.92 Å². The zero-order valence-corrected chi connectivity index (χ0v) is 8.63. The molecule has 70 valence electrons. The summed E-state index contributed by atoms with van der Waals surface area (Å²) in [5.74, 6) is 0. The van der Waals surface area contributed by atoms with Crippen molar-refractivity contribution in [3.05, 3.63) is 23.8 Å². The number of aromatic nitrogens is 1. The average Bonchev–Trinajstić information content (AvgIpc) is 2.46. The molecule has 0 atom stereocenters. The first kappa shape index (κ1) is 10.5. The number of nitrogens with zero attached hydrogens (tertiary/aromatic N) is 1. The second kappa shape index (κ2) is 4.11. The number of thiazole rings is 1. The van der Waals surface area contributed by atoms with Crippen LogP contribution in [0.15, 0.2) is 22.5 Å². The Balaban J connectivity index is 0.000000845. The Morgan fingerprint density at radius 1 is 1.38 bits per heavy atom. The predicted octanol–water partition coefficient (Wildman–Crippen LogP) is 3.96. The minimum Gasteiger partial charge on any atom is -0.230 e. The molecule has 1 aromatic carbocycles. The highest BCUT2D eigenvalue weighted by molar-refractivity contribution is 8.00. The normalized spacial score (nSPS) is 10.0. The van der Waals surface area contributed by atoms with Crippen molar-refractivity contribution in [1.82, 2.24) is 4.98 Å². The number of hydrogen-bond donors (Lipinski definition) is 0. The fraction of sp³-hybridized carbons (Fsp3) is 0.300. The van der Waals surface area contributed by atoms with Crippen molar-refractivity contribution < 1.29 is 0 Å². The molecule has 1 aromatic heterocycles. The second-order valence-corrected chi connectivity index (χ2v) is 4.74. The summed E-state index contributed by atoms with van der Waals surface area (Å²) in [7, 11) is 0. The van der Waals surface area contributed by atoms with E-state index in [4.69, 9.17) is 0 Å². The molecule has 0 unspecified atom stereocenters. The molecule has 0 aliphatic rings. The maximum atomic E-state index is 4.45. The maximum absolute atomic E-state index is 4.45. The Kier molecular flexibility index (Phi) is 3.33. The largest absolute Gasteiger partial charge is 0.230 e. The quantitative estimate of drug-likeness (QED) is 0.662. The van der Waals surface area contributed by atoms with Gasteiger partial charge in [-0.3, -0.25) is 0 Å². The topological polar surface area (TPSA) is 12.9 Å². The maximum Gasteiger partial charge on any atom is 0.150 e. The fourth-order valence-corrected chi connectivity index (χ4v) is 2.69. The Hall–Kier alpha value is -0.540. The zero-order valence-electron chi connectivity index (χ0n) is 7.00. The zero-order chi connectivity index (χ0) is 8.55. The van der Waals surface area contributed by atoms with Crippen molar-refractivity contribution in [2.45, 2.75) is 18.7 Å². The molecule has 0 bridgehead atoms. The Morgan fingerprint density at radius 2 is 2.15 bits per heavy atom. The molecular formula is C10H13NS2. The van der Waals surface area contributed by atoms with Crippen molar-refractivity contribution in [2.75, 3.05) is 6.26 Å². The first-order valence-corrected chi connectivity index (χ1v) is 5.75. The van der Waals surface area contributed by atoms with E-state index >= 15 is 0 Å². The van der Waals surface area contributed by atoms with Crippen molar-refractivity contribution >= 4 is 33.3 Å². The Labute approximate surface area is 87.2 Å². The molecule has 0 saturated carbocycles. The van der Waals surface area contributed by atoms with Gasteiger partial charge >= 0.3 is 0 Å². The molecule has 0 aliphatic carbocycles. The van der Waals surface area contributed by atoms with E-state index in [1.807, 2.05) is 0 Å². The Morgan fingerprint density at radius 3 is 2.85 bits per heavy atom. The van der Waals surface area contributed by atoms with Crippen LogP contribution in [0.3, 0.4) is 0 Å². The van der Waals surface area contributed by atoms with Crippen LogP contribution in [-0.4, -0.2) is 11.2 Å². The highest BCUT2D eigenvalue weighted by atomic mass is 32.2. The van der Waals surface area contributed by atoms with Gasteiger partial charge in [0.2, 0.25) is 0 Å². The van der Waals surface area contributed by atoms with Crippen LogP contribution in [0.25, 0.3) is 10.2 Å². The van der Waals surface area contributed by atoms with Gasteiger partial charge in [0.1, 0.15) is 0 Å². The number of aryl methyl sites for hydroxylation is 1. The van der Waals surface area contributed by atoms with E-state index < -0.39 is 0 Å². The van der Waals surface area contributed by atoms with E-state index in [0.29, 0.717) is 0 Å². The molecule has 0 amide bonds. The third-order valence-corrected chi connectivity index (χ3v) is 3.70. The third kappa shape index (κ3) is 2.03. The molecule has 13 heavy (non-hydrogen) atoms. The van der Waals surface area contributed by atoms with Crippen molar-refractivity contribution in [1.29, 1.82) is 0 Å². The van der Waals surface area contributed by atoms with Crippen molar-refractivity contribution in [3.8, 4) is 0 Å². The summed E-state index contributed by atoms with van der Waals surface area (Å²) >= 11 is 3.47. The van der Waals surface area contributed by atoms with E-state index in [9.17, 15) is 0 Å². The van der Waals surface area contributed by atoms with Gasteiger partial charge in [-0.15, -0.1) is 11.3 Å². The average molecular weight is 211 g/mol. The number of rotatable bonds is 1. The predicted molar refractivity (Wildman–Crippen MR) is 62.9 cm³/mol.